The molecular weight excluding hydrogens is 516 g/mol. The van der Waals surface area contributed by atoms with Gasteiger partial charge in [0.1, 0.15) is 11.9 Å². The second kappa shape index (κ2) is 10.7. The predicted molar refractivity (Wildman–Crippen MR) is 145 cm³/mol. The van der Waals surface area contributed by atoms with Crippen LogP contribution in [-0.4, -0.2) is 31.1 Å². The number of carbonyl (C=O) groups is 1. The van der Waals surface area contributed by atoms with E-state index >= 15 is 0 Å². The Kier molecular flexibility index (Phi) is 7.03. The number of nitriles is 1. The Balaban J connectivity index is 1.35. The van der Waals surface area contributed by atoms with Gasteiger partial charge in [0.25, 0.3) is 5.91 Å². The summed E-state index contributed by atoms with van der Waals surface area (Å²) in [6, 6.07) is 13.9. The molecule has 10 nitrogen and oxygen atoms in total. The van der Waals surface area contributed by atoms with E-state index in [2.05, 4.69) is 35.8 Å². The van der Waals surface area contributed by atoms with E-state index in [9.17, 15) is 18.8 Å². The van der Waals surface area contributed by atoms with Crippen molar-refractivity contribution in [3.8, 4) is 17.2 Å². The molecule has 0 saturated carbocycles. The number of nitrogens with two attached hydrogens (primary N) is 1. The molecule has 2 atom stereocenters. The van der Waals surface area contributed by atoms with Crippen LogP contribution in [0.2, 0.25) is 0 Å². The van der Waals surface area contributed by atoms with Gasteiger partial charge in [-0.1, -0.05) is 30.3 Å². The Labute approximate surface area is 227 Å². The summed E-state index contributed by atoms with van der Waals surface area (Å²) in [6.45, 7) is 3.51. The summed E-state index contributed by atoms with van der Waals surface area (Å²) < 4.78 is 27.0. The summed E-state index contributed by atoms with van der Waals surface area (Å²) in [7, 11) is 0. The average Bonchev–Trinajstić information content (AvgIpc) is 3.34. The van der Waals surface area contributed by atoms with Crippen LogP contribution in [-0.2, 0) is 0 Å². The number of hydrogen-bond donors (Lipinski definition) is 4. The maximum absolute atomic E-state index is 13.7. The van der Waals surface area contributed by atoms with Gasteiger partial charge in [0, 0.05) is 11.8 Å². The van der Waals surface area contributed by atoms with E-state index in [1.165, 1.54) is 12.3 Å². The topological polar surface area (TPSA) is 158 Å². The van der Waals surface area contributed by atoms with E-state index in [0.29, 0.717) is 17.0 Å². The largest absolute Gasteiger partial charge is 0.384 e. The second-order valence-corrected chi connectivity index (χ2v) is 9.15. The van der Waals surface area contributed by atoms with Gasteiger partial charge in [-0.3, -0.25) is 9.89 Å². The number of rotatable bonds is 7. The Morgan fingerprint density at radius 2 is 1.73 bits per heavy atom. The minimum Gasteiger partial charge on any atom is -0.384 e. The van der Waals surface area contributed by atoms with E-state index in [4.69, 9.17) is 5.73 Å². The van der Waals surface area contributed by atoms with Crippen molar-refractivity contribution in [3.05, 3.63) is 95.1 Å². The number of anilines is 2. The first-order valence-corrected chi connectivity index (χ1v) is 12.2. The Morgan fingerprint density at radius 3 is 2.45 bits per heavy atom. The zero-order valence-electron chi connectivity index (χ0n) is 21.4. The first-order valence-electron chi connectivity index (χ1n) is 12.2. The summed E-state index contributed by atoms with van der Waals surface area (Å²) in [4.78, 5) is 25.9. The van der Waals surface area contributed by atoms with Crippen LogP contribution in [0.1, 0.15) is 53.2 Å². The fourth-order valence-electron chi connectivity index (χ4n) is 4.17. The summed E-state index contributed by atoms with van der Waals surface area (Å²) in [5.41, 5.74) is 9.38. The predicted octanol–water partition coefficient (Wildman–Crippen LogP) is 4.81. The van der Waals surface area contributed by atoms with Crippen molar-refractivity contribution < 1.29 is 13.6 Å². The average molecular weight is 540 g/mol. The van der Waals surface area contributed by atoms with E-state index in [-0.39, 0.29) is 23.2 Å². The zero-order valence-corrected chi connectivity index (χ0v) is 21.4. The maximum Gasteiger partial charge on any atom is 0.274 e. The van der Waals surface area contributed by atoms with Gasteiger partial charge in [-0.25, -0.2) is 23.7 Å². The molecule has 1 amide bonds. The Hall–Kier alpha value is -5.44. The van der Waals surface area contributed by atoms with Crippen LogP contribution in [0.5, 0.6) is 0 Å². The highest BCUT2D eigenvalue weighted by molar-refractivity contribution is 5.97. The lowest BCUT2D eigenvalue weighted by atomic mass is 10.0. The minimum atomic E-state index is -1.02. The molecule has 0 radical (unpaired) electrons. The molecule has 0 aliphatic heterocycles. The molecule has 3 heterocycles. The van der Waals surface area contributed by atoms with Crippen LogP contribution in [0, 0.1) is 23.0 Å². The lowest BCUT2D eigenvalue weighted by molar-refractivity contribution is 0.0935. The summed E-state index contributed by atoms with van der Waals surface area (Å²) in [5.74, 6) is -2.02. The molecule has 12 heteroatoms. The number of nitrogen functional groups attached to an aromatic ring is 1. The number of amides is 1. The second-order valence-electron chi connectivity index (χ2n) is 9.15. The quantitative estimate of drug-likeness (QED) is 0.229. The number of hydrogen-bond acceptors (Lipinski definition) is 8. The van der Waals surface area contributed by atoms with Crippen LogP contribution >= 0.6 is 0 Å². The molecule has 0 aliphatic carbocycles. The first kappa shape index (κ1) is 26.2. The number of halogens is 2. The number of carbonyl (C=O) groups excluding carboxylic acids is 1. The summed E-state index contributed by atoms with van der Waals surface area (Å²) >= 11 is 0. The van der Waals surface area contributed by atoms with Crippen molar-refractivity contribution in [1.29, 1.82) is 5.26 Å². The van der Waals surface area contributed by atoms with Crippen LogP contribution < -0.4 is 16.4 Å². The van der Waals surface area contributed by atoms with Gasteiger partial charge >= 0.3 is 0 Å². The van der Waals surface area contributed by atoms with Crippen molar-refractivity contribution in [1.82, 2.24) is 30.5 Å². The molecule has 5 aromatic rings. The van der Waals surface area contributed by atoms with Gasteiger partial charge in [0.2, 0.25) is 0 Å². The van der Waals surface area contributed by atoms with Gasteiger partial charge in [-0.05, 0) is 48.7 Å². The minimum absolute atomic E-state index is 0.0444. The number of nitrogens with one attached hydrogen (secondary N) is 3. The molecular formula is C28H23F2N9O. The lowest BCUT2D eigenvalue weighted by Crippen LogP contribution is -2.29. The zero-order chi connectivity index (χ0) is 28.4. The molecule has 5 N–H and O–H groups in total. The number of pyridine rings is 1. The normalized spacial score (nSPS) is 12.5. The van der Waals surface area contributed by atoms with Gasteiger partial charge in [0.15, 0.2) is 34.5 Å². The molecule has 0 saturated heterocycles. The fourth-order valence-corrected chi connectivity index (χ4v) is 4.17. The van der Waals surface area contributed by atoms with Gasteiger partial charge in [-0.2, -0.15) is 10.4 Å². The number of aromatic amines is 1. The molecule has 2 aromatic carbocycles. The number of aromatic nitrogens is 5. The number of nitrogens with zero attached hydrogens (tertiary/aromatic N) is 5. The lowest BCUT2D eigenvalue weighted by Gasteiger charge is -2.19. The molecule has 5 rings (SSSR count). The highest BCUT2D eigenvalue weighted by atomic mass is 19.2. The summed E-state index contributed by atoms with van der Waals surface area (Å²) in [5, 5.41) is 22.7. The van der Waals surface area contributed by atoms with Gasteiger partial charge < -0.3 is 16.4 Å². The standard InChI is InChI=1S/C28H23F2N9O/c1-14(16-3-5-17(6-4-16)19-9-21-25(32)38-39-26(21)33-12-19)35-27-24(37-20(11-31)13-34-27)28(40)36-15(2)18-7-8-22(29)23(30)10-18/h3-10,12-15H,1-2H3,(H,34,35)(H,36,40)(H3,32,33,38,39)/t14-,15+/m1/s1. The van der Waals surface area contributed by atoms with Gasteiger partial charge in [0.05, 0.1) is 23.7 Å². The van der Waals surface area contributed by atoms with Crippen molar-refractivity contribution in [2.24, 2.45) is 0 Å². The maximum atomic E-state index is 13.7. The highest BCUT2D eigenvalue weighted by Gasteiger charge is 2.21. The van der Waals surface area contributed by atoms with Crippen LogP contribution in [0.3, 0.4) is 0 Å². The molecule has 0 bridgehead atoms. The van der Waals surface area contributed by atoms with Crippen LogP contribution in [0.25, 0.3) is 22.2 Å². The van der Waals surface area contributed by atoms with Crippen molar-refractivity contribution >= 4 is 28.6 Å². The highest BCUT2D eigenvalue weighted by Crippen LogP contribution is 2.27. The van der Waals surface area contributed by atoms with Crippen molar-refractivity contribution in [3.63, 3.8) is 0 Å². The Morgan fingerprint density at radius 1 is 0.975 bits per heavy atom. The smallest absolute Gasteiger partial charge is 0.274 e. The molecule has 0 spiro atoms. The molecule has 0 aliphatic rings. The number of H-pyrrole nitrogens is 1. The van der Waals surface area contributed by atoms with Crippen molar-refractivity contribution in [2.45, 2.75) is 25.9 Å². The van der Waals surface area contributed by atoms with Crippen LogP contribution in [0.15, 0.2) is 60.9 Å². The third kappa shape index (κ3) is 5.25. The third-order valence-corrected chi connectivity index (χ3v) is 6.43. The number of fused-ring (bicyclic) bond motifs is 1. The number of benzene rings is 2. The molecule has 40 heavy (non-hydrogen) atoms. The molecule has 3 aromatic heterocycles. The van der Waals surface area contributed by atoms with E-state index in [1.807, 2.05) is 43.3 Å². The fraction of sp³-hybridized carbons (Fsp3) is 0.143. The van der Waals surface area contributed by atoms with Crippen molar-refractivity contribution in [2.75, 3.05) is 11.1 Å². The van der Waals surface area contributed by atoms with Gasteiger partial charge in [-0.15, -0.1) is 0 Å². The van der Waals surface area contributed by atoms with Crippen LogP contribution in [0.4, 0.5) is 20.4 Å². The van der Waals surface area contributed by atoms with E-state index in [1.54, 1.807) is 13.1 Å². The molecule has 200 valence electrons. The first-order chi connectivity index (χ1) is 19.2. The third-order valence-electron chi connectivity index (χ3n) is 6.43. The van der Waals surface area contributed by atoms with E-state index < -0.39 is 23.6 Å². The summed E-state index contributed by atoms with van der Waals surface area (Å²) in [6.07, 6.45) is 2.98. The Bertz CT molecular complexity index is 1760. The SMILES string of the molecule is C[C@H](NC(=O)c1nc(C#N)cnc1N[C@H](C)c1ccc(-c2cnc3n[nH]c(N)c3c2)cc1)c1ccc(F)c(F)c1. The molecule has 0 unspecified atom stereocenters. The monoisotopic (exact) mass is 539 g/mol. The van der Waals surface area contributed by atoms with E-state index in [0.717, 1.165) is 34.2 Å². The molecule has 0 fully saturated rings.